The van der Waals surface area contributed by atoms with Gasteiger partial charge in [0.25, 0.3) is 0 Å². The van der Waals surface area contributed by atoms with E-state index in [0.29, 0.717) is 16.7 Å². The molecule has 41 heavy (non-hydrogen) atoms. The maximum Gasteiger partial charge on any atom is 0.437 e. The van der Waals surface area contributed by atoms with E-state index < -0.39 is 46.9 Å². The summed E-state index contributed by atoms with van der Waals surface area (Å²) in [6.07, 6.45) is -5.15. The van der Waals surface area contributed by atoms with E-state index in [9.17, 15) is 22.8 Å². The van der Waals surface area contributed by atoms with Crippen LogP contribution >= 0.6 is 0 Å². The number of alkyl halides is 3. The van der Waals surface area contributed by atoms with Crippen molar-refractivity contribution in [2.75, 3.05) is 13.7 Å². The second-order valence-electron chi connectivity index (χ2n) is 11.4. The molecule has 0 N–H and O–H groups in total. The number of likely N-dealkylation sites (tertiary alicyclic amines) is 1. The molecular weight excluding hydrogens is 541 g/mol. The van der Waals surface area contributed by atoms with Crippen LogP contribution in [0.1, 0.15) is 50.4 Å². The highest BCUT2D eigenvalue weighted by Gasteiger charge is 2.55. The number of carbonyl (C=O) groups excluding carboxylic acids is 2. The Labute approximate surface area is 235 Å². The van der Waals surface area contributed by atoms with Crippen LogP contribution in [0.5, 0.6) is 11.5 Å². The average Bonchev–Trinajstić information content (AvgIpc) is 3.28. The Morgan fingerprint density at radius 1 is 1.12 bits per heavy atom. The van der Waals surface area contributed by atoms with Gasteiger partial charge in [-0.2, -0.15) is 13.2 Å². The summed E-state index contributed by atoms with van der Waals surface area (Å²) in [5, 5.41) is 0.486. The average molecular weight is 573 g/mol. The normalized spacial score (nSPS) is 20.5. The molecule has 2 aliphatic rings. The van der Waals surface area contributed by atoms with Gasteiger partial charge in [0.2, 0.25) is 0 Å². The molecule has 1 spiro atoms. The standard InChI is InChI=1S/C30H31F3N2O6/c1-28(2,3)41-27(37)35-17-29(15-23(35)26(36)38-4)13-12-20-21-14-19(39-16-18-8-6-5-7-9-18)10-11-22(21)34-25(24(20)40-29)30(31,32)33/h5-11,14,23H,12-13,15-17H2,1-4H3. The quantitative estimate of drug-likeness (QED) is 0.350. The van der Waals surface area contributed by atoms with Crippen molar-refractivity contribution in [3.05, 3.63) is 65.4 Å². The molecule has 1 fully saturated rings. The fourth-order valence-corrected chi connectivity index (χ4v) is 5.35. The summed E-state index contributed by atoms with van der Waals surface area (Å²) in [6.45, 7) is 5.19. The third kappa shape index (κ3) is 5.89. The zero-order valence-electron chi connectivity index (χ0n) is 23.2. The number of nitrogens with zero attached hydrogens (tertiary/aromatic N) is 2. The van der Waals surface area contributed by atoms with E-state index in [1.807, 2.05) is 30.3 Å². The predicted octanol–water partition coefficient (Wildman–Crippen LogP) is 6.08. The van der Waals surface area contributed by atoms with E-state index in [1.54, 1.807) is 32.9 Å². The minimum absolute atomic E-state index is 0.0477. The van der Waals surface area contributed by atoms with Crippen molar-refractivity contribution in [2.24, 2.45) is 0 Å². The van der Waals surface area contributed by atoms with Gasteiger partial charge in [0.1, 0.15) is 29.6 Å². The van der Waals surface area contributed by atoms with Crippen molar-refractivity contribution in [1.82, 2.24) is 9.88 Å². The number of pyridine rings is 1. The first-order valence-electron chi connectivity index (χ1n) is 13.3. The number of amides is 1. The molecule has 11 heteroatoms. The number of benzene rings is 2. The molecule has 3 heterocycles. The number of aryl methyl sites for hydroxylation is 1. The molecule has 1 aromatic heterocycles. The van der Waals surface area contributed by atoms with Crippen LogP contribution in [0.15, 0.2) is 48.5 Å². The van der Waals surface area contributed by atoms with Gasteiger partial charge in [0.05, 0.1) is 19.2 Å². The fraction of sp³-hybridized carbons (Fsp3) is 0.433. The molecule has 2 atom stereocenters. The van der Waals surface area contributed by atoms with Crippen LogP contribution < -0.4 is 9.47 Å². The molecule has 1 saturated heterocycles. The maximum atomic E-state index is 14.3. The number of hydrogen-bond acceptors (Lipinski definition) is 7. The van der Waals surface area contributed by atoms with E-state index in [2.05, 4.69) is 4.98 Å². The molecule has 1 amide bonds. The minimum atomic E-state index is -4.80. The van der Waals surface area contributed by atoms with Crippen LogP contribution in [0.4, 0.5) is 18.0 Å². The van der Waals surface area contributed by atoms with Crippen LogP contribution in [0.2, 0.25) is 0 Å². The molecule has 2 unspecified atom stereocenters. The molecular formula is C30H31F3N2O6. The molecule has 0 aliphatic carbocycles. The smallest absolute Gasteiger partial charge is 0.437 e. The van der Waals surface area contributed by atoms with Crippen LogP contribution in [-0.2, 0) is 33.5 Å². The summed E-state index contributed by atoms with van der Waals surface area (Å²) in [6, 6.07) is 13.2. The summed E-state index contributed by atoms with van der Waals surface area (Å²) in [5.74, 6) is -0.616. The van der Waals surface area contributed by atoms with Crippen LogP contribution in [0.25, 0.3) is 10.9 Å². The van der Waals surface area contributed by atoms with Gasteiger partial charge in [-0.25, -0.2) is 14.6 Å². The van der Waals surface area contributed by atoms with E-state index in [-0.39, 0.29) is 37.9 Å². The highest BCUT2D eigenvalue weighted by Crippen LogP contribution is 2.48. The largest absolute Gasteiger partial charge is 0.489 e. The van der Waals surface area contributed by atoms with Gasteiger partial charge in [-0.3, -0.25) is 4.90 Å². The van der Waals surface area contributed by atoms with Gasteiger partial charge in [-0.05, 0) is 57.4 Å². The first kappa shape index (κ1) is 28.5. The van der Waals surface area contributed by atoms with E-state index in [0.717, 1.165) is 5.56 Å². The van der Waals surface area contributed by atoms with Crippen LogP contribution in [0, 0.1) is 0 Å². The minimum Gasteiger partial charge on any atom is -0.489 e. The Kier molecular flexibility index (Phi) is 7.25. The molecule has 2 aliphatic heterocycles. The highest BCUT2D eigenvalue weighted by molar-refractivity contribution is 5.87. The number of halogens is 3. The third-order valence-electron chi connectivity index (χ3n) is 7.18. The number of methoxy groups -OCH3 is 1. The van der Waals surface area contributed by atoms with Crippen molar-refractivity contribution < 1.29 is 41.7 Å². The maximum absolute atomic E-state index is 14.3. The van der Waals surface area contributed by atoms with Crippen molar-refractivity contribution in [3.8, 4) is 11.5 Å². The first-order chi connectivity index (χ1) is 19.3. The lowest BCUT2D eigenvalue weighted by Crippen LogP contribution is -2.46. The Morgan fingerprint density at radius 3 is 2.51 bits per heavy atom. The van der Waals surface area contributed by atoms with Crippen molar-refractivity contribution in [3.63, 3.8) is 0 Å². The molecule has 0 bridgehead atoms. The number of rotatable bonds is 4. The van der Waals surface area contributed by atoms with Gasteiger partial charge < -0.3 is 18.9 Å². The zero-order valence-corrected chi connectivity index (χ0v) is 23.2. The second kappa shape index (κ2) is 10.4. The third-order valence-corrected chi connectivity index (χ3v) is 7.18. The van der Waals surface area contributed by atoms with Crippen LogP contribution in [-0.4, -0.2) is 52.8 Å². The lowest BCUT2D eigenvalue weighted by molar-refractivity contribution is -0.146. The lowest BCUT2D eigenvalue weighted by Gasteiger charge is -2.37. The van der Waals surface area contributed by atoms with E-state index in [4.69, 9.17) is 18.9 Å². The van der Waals surface area contributed by atoms with Gasteiger partial charge in [-0.1, -0.05) is 30.3 Å². The molecule has 0 radical (unpaired) electrons. The predicted molar refractivity (Wildman–Crippen MR) is 143 cm³/mol. The highest BCUT2D eigenvalue weighted by atomic mass is 19.4. The fourth-order valence-electron chi connectivity index (χ4n) is 5.35. The van der Waals surface area contributed by atoms with Gasteiger partial charge >= 0.3 is 18.2 Å². The summed E-state index contributed by atoms with van der Waals surface area (Å²) < 4.78 is 65.3. The molecule has 3 aromatic rings. The van der Waals surface area contributed by atoms with E-state index in [1.165, 1.54) is 18.1 Å². The van der Waals surface area contributed by atoms with Gasteiger partial charge in [-0.15, -0.1) is 0 Å². The second-order valence-corrected chi connectivity index (χ2v) is 11.4. The monoisotopic (exact) mass is 572 g/mol. The van der Waals surface area contributed by atoms with Crippen molar-refractivity contribution in [2.45, 2.75) is 70.1 Å². The topological polar surface area (TPSA) is 87.2 Å². The number of hydrogen-bond donors (Lipinski definition) is 0. The molecule has 2 aromatic carbocycles. The van der Waals surface area contributed by atoms with Gasteiger partial charge in [0.15, 0.2) is 11.4 Å². The Hall–Kier alpha value is -4.02. The van der Waals surface area contributed by atoms with Crippen molar-refractivity contribution in [1.29, 1.82) is 0 Å². The molecule has 218 valence electrons. The molecule has 5 rings (SSSR count). The number of fused-ring (bicyclic) bond motifs is 3. The molecule has 8 nitrogen and oxygen atoms in total. The lowest BCUT2D eigenvalue weighted by atomic mass is 9.87. The molecule has 0 saturated carbocycles. The number of aromatic nitrogens is 1. The number of ether oxygens (including phenoxy) is 4. The Bertz CT molecular complexity index is 1470. The first-order valence-corrected chi connectivity index (χ1v) is 13.3. The van der Waals surface area contributed by atoms with Crippen molar-refractivity contribution >= 4 is 23.0 Å². The summed E-state index contributed by atoms with van der Waals surface area (Å²) >= 11 is 0. The van der Waals surface area contributed by atoms with Crippen LogP contribution in [0.3, 0.4) is 0 Å². The number of esters is 1. The Balaban J connectivity index is 1.51. The van der Waals surface area contributed by atoms with Gasteiger partial charge in [0, 0.05) is 17.4 Å². The summed E-state index contributed by atoms with van der Waals surface area (Å²) in [7, 11) is 1.19. The zero-order chi connectivity index (χ0) is 29.6. The summed E-state index contributed by atoms with van der Waals surface area (Å²) in [4.78, 5) is 30.8. The SMILES string of the molecule is COC(=O)C1CC2(CCc3c(c(C(F)(F)F)nc4ccc(OCc5ccccc5)cc34)O2)CN1C(=O)OC(C)(C)C. The Morgan fingerprint density at radius 2 is 1.85 bits per heavy atom. The summed E-state index contributed by atoms with van der Waals surface area (Å²) in [5.41, 5.74) is -1.80. The van der Waals surface area contributed by atoms with E-state index >= 15 is 0 Å². The number of carbonyl (C=O) groups is 2.